The molecule has 3 aromatic heterocycles. The van der Waals surface area contributed by atoms with Crippen molar-refractivity contribution in [1.29, 1.82) is 0 Å². The van der Waals surface area contributed by atoms with Gasteiger partial charge in [-0.2, -0.15) is 0 Å². The minimum absolute atomic E-state index is 0.0352. The topological polar surface area (TPSA) is 19.4 Å². The SMILES string of the molecule is c1cnc2c(c1)B1N(c3ccccc3N1c1cccc3c1sc1ccccc13)c1sccc1-2. The van der Waals surface area contributed by atoms with Gasteiger partial charge in [-0.1, -0.05) is 48.5 Å². The van der Waals surface area contributed by atoms with E-state index < -0.39 is 0 Å². The molecular formula is C27H16BN3S2. The van der Waals surface area contributed by atoms with Gasteiger partial charge in [0.05, 0.1) is 26.8 Å². The molecule has 0 saturated heterocycles. The second-order valence-corrected chi connectivity index (χ2v) is 10.4. The molecular weight excluding hydrogens is 441 g/mol. The fourth-order valence-corrected chi connectivity index (χ4v) is 7.60. The van der Waals surface area contributed by atoms with E-state index in [1.54, 1.807) is 11.3 Å². The third-order valence-corrected chi connectivity index (χ3v) is 8.89. The molecule has 0 amide bonds. The lowest BCUT2D eigenvalue weighted by atomic mass is 9.61. The quantitative estimate of drug-likeness (QED) is 0.244. The highest BCUT2D eigenvalue weighted by Crippen LogP contribution is 2.53. The van der Waals surface area contributed by atoms with Crippen molar-refractivity contribution >= 4 is 77.4 Å². The Bertz CT molecular complexity index is 1720. The maximum Gasteiger partial charge on any atom is 0.423 e. The molecule has 3 aromatic carbocycles. The van der Waals surface area contributed by atoms with E-state index in [2.05, 4.69) is 99.9 Å². The summed E-state index contributed by atoms with van der Waals surface area (Å²) in [5.74, 6) is 0. The van der Waals surface area contributed by atoms with E-state index in [4.69, 9.17) is 4.98 Å². The number of nitrogens with zero attached hydrogens (tertiary/aromatic N) is 3. The van der Waals surface area contributed by atoms with Crippen LogP contribution >= 0.6 is 22.7 Å². The van der Waals surface area contributed by atoms with Gasteiger partial charge < -0.3 is 9.62 Å². The Morgan fingerprint density at radius 3 is 2.42 bits per heavy atom. The molecule has 8 rings (SSSR count). The molecule has 0 atom stereocenters. The molecule has 33 heavy (non-hydrogen) atoms. The van der Waals surface area contributed by atoms with Gasteiger partial charge in [-0.15, -0.1) is 22.7 Å². The summed E-state index contributed by atoms with van der Waals surface area (Å²) < 4.78 is 2.66. The van der Waals surface area contributed by atoms with Crippen LogP contribution in [0.1, 0.15) is 0 Å². The molecule has 2 aliphatic rings. The van der Waals surface area contributed by atoms with Crippen LogP contribution in [0.5, 0.6) is 0 Å². The van der Waals surface area contributed by atoms with Crippen molar-refractivity contribution < 1.29 is 0 Å². The highest BCUT2D eigenvalue weighted by molar-refractivity contribution is 7.26. The smallest absolute Gasteiger partial charge is 0.359 e. The number of aromatic nitrogens is 1. The zero-order chi connectivity index (χ0) is 21.5. The maximum absolute atomic E-state index is 4.84. The van der Waals surface area contributed by atoms with Crippen LogP contribution in [-0.2, 0) is 0 Å². The lowest BCUT2D eigenvalue weighted by Gasteiger charge is -2.34. The van der Waals surface area contributed by atoms with Crippen LogP contribution in [0.3, 0.4) is 0 Å². The van der Waals surface area contributed by atoms with Crippen LogP contribution in [0, 0.1) is 0 Å². The van der Waals surface area contributed by atoms with Gasteiger partial charge >= 0.3 is 6.98 Å². The highest BCUT2D eigenvalue weighted by atomic mass is 32.1. The lowest BCUT2D eigenvalue weighted by molar-refractivity contribution is 1.31. The largest absolute Gasteiger partial charge is 0.423 e. The van der Waals surface area contributed by atoms with Crippen molar-refractivity contribution in [3.05, 3.63) is 96.5 Å². The molecule has 0 saturated carbocycles. The fourth-order valence-electron chi connectivity index (χ4n) is 5.45. The number of thiophene rings is 2. The molecule has 0 unspecified atom stereocenters. The van der Waals surface area contributed by atoms with Crippen molar-refractivity contribution in [1.82, 2.24) is 4.98 Å². The number of anilines is 4. The summed E-state index contributed by atoms with van der Waals surface area (Å²) in [5.41, 5.74) is 7.31. The van der Waals surface area contributed by atoms with E-state index in [-0.39, 0.29) is 6.98 Å². The summed E-state index contributed by atoms with van der Waals surface area (Å²) in [4.78, 5) is 9.87. The first kappa shape index (κ1) is 17.9. The van der Waals surface area contributed by atoms with Gasteiger partial charge in [-0.3, -0.25) is 4.98 Å². The van der Waals surface area contributed by atoms with Gasteiger partial charge in [0.25, 0.3) is 0 Å². The van der Waals surface area contributed by atoms with Crippen molar-refractivity contribution in [2.24, 2.45) is 0 Å². The van der Waals surface area contributed by atoms with Gasteiger partial charge in [0.1, 0.15) is 0 Å². The van der Waals surface area contributed by atoms with E-state index >= 15 is 0 Å². The van der Waals surface area contributed by atoms with Crippen LogP contribution < -0.4 is 15.1 Å². The number of pyridine rings is 1. The Morgan fingerprint density at radius 1 is 0.697 bits per heavy atom. The minimum Gasteiger partial charge on any atom is -0.359 e. The highest BCUT2D eigenvalue weighted by Gasteiger charge is 2.49. The Balaban J connectivity index is 1.47. The first-order valence-electron chi connectivity index (χ1n) is 11.0. The Labute approximate surface area is 199 Å². The number of fused-ring (bicyclic) bond motifs is 11. The van der Waals surface area contributed by atoms with Crippen molar-refractivity contribution in [3.8, 4) is 11.3 Å². The van der Waals surface area contributed by atoms with Crippen LogP contribution in [0.2, 0.25) is 0 Å². The van der Waals surface area contributed by atoms with E-state index in [0.717, 1.165) is 5.69 Å². The summed E-state index contributed by atoms with van der Waals surface area (Å²) in [6.07, 6.45) is 1.91. The van der Waals surface area contributed by atoms with Crippen LogP contribution in [0.25, 0.3) is 31.4 Å². The molecule has 0 radical (unpaired) electrons. The number of rotatable bonds is 1. The number of hydrogen-bond donors (Lipinski definition) is 0. The molecule has 6 aromatic rings. The van der Waals surface area contributed by atoms with Crippen LogP contribution in [-0.4, -0.2) is 12.0 Å². The fraction of sp³-hybridized carbons (Fsp3) is 0. The van der Waals surface area contributed by atoms with Crippen molar-refractivity contribution in [2.75, 3.05) is 9.62 Å². The summed E-state index contributed by atoms with van der Waals surface area (Å²) in [7, 11) is 0. The Morgan fingerprint density at radius 2 is 1.48 bits per heavy atom. The van der Waals surface area contributed by atoms with E-state index in [9.17, 15) is 0 Å². The average molecular weight is 457 g/mol. The predicted octanol–water partition coefficient (Wildman–Crippen LogP) is 7.18. The van der Waals surface area contributed by atoms with Crippen molar-refractivity contribution in [3.63, 3.8) is 0 Å². The number of hydrogen-bond acceptors (Lipinski definition) is 5. The summed E-state index contributed by atoms with van der Waals surface area (Å²) >= 11 is 3.68. The summed E-state index contributed by atoms with van der Waals surface area (Å²) in [5, 5.41) is 6.10. The lowest BCUT2D eigenvalue weighted by Crippen LogP contribution is -2.55. The van der Waals surface area contributed by atoms with Gasteiger partial charge in [0.15, 0.2) is 0 Å². The van der Waals surface area contributed by atoms with Crippen molar-refractivity contribution in [2.45, 2.75) is 0 Å². The predicted molar refractivity (Wildman–Crippen MR) is 143 cm³/mol. The molecule has 0 N–H and O–H groups in total. The zero-order valence-corrected chi connectivity index (χ0v) is 19.1. The summed E-state index contributed by atoms with van der Waals surface area (Å²) in [6, 6.07) is 30.8. The minimum atomic E-state index is 0.0352. The monoisotopic (exact) mass is 457 g/mol. The first-order valence-corrected chi connectivity index (χ1v) is 12.7. The third-order valence-electron chi connectivity index (χ3n) is 6.77. The van der Waals surface area contributed by atoms with Gasteiger partial charge in [-0.05, 0) is 47.2 Å². The van der Waals surface area contributed by atoms with E-state index in [1.165, 1.54) is 53.3 Å². The summed E-state index contributed by atoms with van der Waals surface area (Å²) in [6.45, 7) is 0.0352. The van der Waals surface area contributed by atoms with E-state index in [1.807, 2.05) is 17.5 Å². The number of benzene rings is 3. The molecule has 0 aliphatic carbocycles. The molecule has 6 heteroatoms. The molecule has 5 heterocycles. The van der Waals surface area contributed by atoms with Crippen LogP contribution in [0.4, 0.5) is 22.1 Å². The molecule has 2 aliphatic heterocycles. The first-order chi connectivity index (χ1) is 16.4. The number of para-hydroxylation sites is 2. The third kappa shape index (κ3) is 2.27. The normalized spacial score (nSPS) is 13.9. The second-order valence-electron chi connectivity index (χ2n) is 8.44. The molecule has 0 bridgehead atoms. The standard InChI is InChI=1S/C27H16BN3S2/c1-4-13-24-17(7-1)18-8-5-12-23(26(18)33-24)30-21-10-2-3-11-22(21)31-27-19(14-16-32-27)25-20(28(30)31)9-6-15-29-25/h1-16H. The van der Waals surface area contributed by atoms with Gasteiger partial charge in [0.2, 0.25) is 0 Å². The average Bonchev–Trinajstić information content (AvgIpc) is 3.58. The maximum atomic E-state index is 4.84. The zero-order valence-electron chi connectivity index (χ0n) is 17.5. The van der Waals surface area contributed by atoms with Crippen LogP contribution in [0.15, 0.2) is 96.5 Å². The van der Waals surface area contributed by atoms with Gasteiger partial charge in [-0.25, -0.2) is 0 Å². The second kappa shape index (κ2) is 6.47. The Hall–Kier alpha value is -3.61. The van der Waals surface area contributed by atoms with E-state index in [0.29, 0.717) is 0 Å². The molecule has 0 fully saturated rings. The van der Waals surface area contributed by atoms with Gasteiger partial charge in [0, 0.05) is 32.9 Å². The molecule has 154 valence electrons. The molecule has 3 nitrogen and oxygen atoms in total. The molecule has 0 spiro atoms. The Kier molecular flexibility index (Phi) is 3.51.